The maximum atomic E-state index is 13.5. The summed E-state index contributed by atoms with van der Waals surface area (Å²) in [6, 6.07) is 22.3. The van der Waals surface area contributed by atoms with Gasteiger partial charge in [-0.25, -0.2) is 8.78 Å². The number of aliphatic hydroxyl groups excluding tert-OH is 1. The molecule has 1 unspecified atom stereocenters. The van der Waals surface area contributed by atoms with Crippen LogP contribution in [0, 0.1) is 23.0 Å². The molecule has 4 rings (SSSR count). The van der Waals surface area contributed by atoms with E-state index in [9.17, 15) is 13.9 Å². The molecule has 1 heterocycles. The van der Waals surface area contributed by atoms with Crippen LogP contribution in [0.15, 0.2) is 72.8 Å². The van der Waals surface area contributed by atoms with Crippen molar-refractivity contribution in [3.05, 3.63) is 101 Å². The number of benzene rings is 3. The molecule has 0 aliphatic carbocycles. The van der Waals surface area contributed by atoms with Gasteiger partial charge in [0.05, 0.1) is 5.56 Å². The van der Waals surface area contributed by atoms with Crippen LogP contribution in [0.2, 0.25) is 0 Å². The van der Waals surface area contributed by atoms with E-state index >= 15 is 0 Å². The van der Waals surface area contributed by atoms with Gasteiger partial charge in [-0.2, -0.15) is 5.26 Å². The predicted molar refractivity (Wildman–Crippen MR) is 139 cm³/mol. The van der Waals surface area contributed by atoms with Gasteiger partial charge in [0.1, 0.15) is 36.2 Å². The Morgan fingerprint density at radius 2 is 1.41 bits per heavy atom. The summed E-state index contributed by atoms with van der Waals surface area (Å²) in [6.45, 7) is 5.19. The minimum absolute atomic E-state index is 0.0869. The molecule has 0 aromatic heterocycles. The van der Waals surface area contributed by atoms with Crippen molar-refractivity contribution in [3.8, 4) is 11.8 Å². The third kappa shape index (κ3) is 7.83. The summed E-state index contributed by atoms with van der Waals surface area (Å²) < 4.78 is 32.6. The highest BCUT2D eigenvalue weighted by molar-refractivity contribution is 5.42. The summed E-state index contributed by atoms with van der Waals surface area (Å²) in [5.41, 5.74) is 2.53. The van der Waals surface area contributed by atoms with Crippen molar-refractivity contribution in [2.24, 2.45) is 0 Å². The quantitative estimate of drug-likeness (QED) is 0.406. The second-order valence-corrected chi connectivity index (χ2v) is 9.51. The topological polar surface area (TPSA) is 59.7 Å². The Morgan fingerprint density at radius 3 is 2.00 bits per heavy atom. The Bertz CT molecular complexity index is 1110. The number of rotatable bonds is 11. The number of piperazine rings is 1. The molecule has 0 bridgehead atoms. The minimum Gasteiger partial charge on any atom is -0.489 e. The Hall–Kier alpha value is -3.31. The monoisotopic (exact) mass is 505 g/mol. The van der Waals surface area contributed by atoms with Crippen LogP contribution in [0.25, 0.3) is 0 Å². The molecule has 0 amide bonds. The number of β-amino-alcohol motifs (C(OH)–C–C–N with tert-alkyl or cyclic N) is 1. The molecule has 1 aliphatic heterocycles. The second-order valence-electron chi connectivity index (χ2n) is 9.51. The summed E-state index contributed by atoms with van der Waals surface area (Å²) in [4.78, 5) is 4.66. The van der Waals surface area contributed by atoms with Gasteiger partial charge in [0.15, 0.2) is 0 Å². The molecule has 3 aromatic carbocycles. The predicted octanol–water partition coefficient (Wildman–Crippen LogP) is 4.81. The van der Waals surface area contributed by atoms with Gasteiger partial charge in [-0.15, -0.1) is 0 Å². The number of nitriles is 1. The van der Waals surface area contributed by atoms with Crippen LogP contribution in [0.3, 0.4) is 0 Å². The van der Waals surface area contributed by atoms with Gasteiger partial charge >= 0.3 is 0 Å². The molecule has 1 atom stereocenters. The van der Waals surface area contributed by atoms with E-state index in [2.05, 4.69) is 15.9 Å². The van der Waals surface area contributed by atoms with Crippen LogP contribution in [0.1, 0.15) is 35.4 Å². The maximum Gasteiger partial charge on any atom is 0.137 e. The van der Waals surface area contributed by atoms with E-state index in [1.54, 1.807) is 18.2 Å². The van der Waals surface area contributed by atoms with E-state index in [1.807, 2.05) is 30.3 Å². The largest absolute Gasteiger partial charge is 0.489 e. The lowest BCUT2D eigenvalue weighted by atomic mass is 9.87. The normalized spacial score (nSPS) is 15.4. The number of ether oxygens (including phenoxy) is 1. The van der Waals surface area contributed by atoms with Crippen molar-refractivity contribution in [3.63, 3.8) is 0 Å². The minimum atomic E-state index is -0.634. The first kappa shape index (κ1) is 26.7. The summed E-state index contributed by atoms with van der Waals surface area (Å²) in [5, 5.41) is 19.6. The summed E-state index contributed by atoms with van der Waals surface area (Å²) in [7, 11) is 0. The number of nitrogens with zero attached hydrogens (tertiary/aromatic N) is 3. The number of hydrogen-bond donors (Lipinski definition) is 1. The number of para-hydroxylation sites is 1. The van der Waals surface area contributed by atoms with E-state index in [0.29, 0.717) is 17.9 Å². The van der Waals surface area contributed by atoms with Gasteiger partial charge in [-0.05, 0) is 66.9 Å². The second kappa shape index (κ2) is 13.3. The molecular weight excluding hydrogens is 472 g/mol. The highest BCUT2D eigenvalue weighted by Crippen LogP contribution is 2.30. The molecule has 1 N–H and O–H groups in total. The molecule has 7 heteroatoms. The summed E-state index contributed by atoms with van der Waals surface area (Å²) >= 11 is 0. The van der Waals surface area contributed by atoms with Crippen LogP contribution in [-0.4, -0.2) is 66.9 Å². The van der Waals surface area contributed by atoms with Gasteiger partial charge in [-0.3, -0.25) is 4.90 Å². The van der Waals surface area contributed by atoms with Gasteiger partial charge in [0.25, 0.3) is 0 Å². The number of hydrogen-bond acceptors (Lipinski definition) is 5. The van der Waals surface area contributed by atoms with Crippen molar-refractivity contribution in [2.75, 3.05) is 45.9 Å². The lowest BCUT2D eigenvalue weighted by Crippen LogP contribution is -2.49. The third-order valence-electron chi connectivity index (χ3n) is 6.88. The Kier molecular flexibility index (Phi) is 9.61. The van der Waals surface area contributed by atoms with E-state index in [4.69, 9.17) is 10.00 Å². The summed E-state index contributed by atoms with van der Waals surface area (Å²) in [5.74, 6) is 0.0588. The van der Waals surface area contributed by atoms with Crippen molar-refractivity contribution in [2.45, 2.75) is 24.9 Å². The van der Waals surface area contributed by atoms with Crippen LogP contribution in [-0.2, 0) is 0 Å². The highest BCUT2D eigenvalue weighted by Gasteiger charge is 2.21. The zero-order valence-corrected chi connectivity index (χ0v) is 20.9. The molecule has 0 spiro atoms. The van der Waals surface area contributed by atoms with Crippen LogP contribution in [0.4, 0.5) is 8.78 Å². The molecule has 194 valence electrons. The first-order chi connectivity index (χ1) is 18.0. The molecule has 1 fully saturated rings. The fourth-order valence-electron chi connectivity index (χ4n) is 4.85. The lowest BCUT2D eigenvalue weighted by Gasteiger charge is -2.35. The Morgan fingerprint density at radius 1 is 0.838 bits per heavy atom. The van der Waals surface area contributed by atoms with Crippen molar-refractivity contribution in [1.29, 1.82) is 5.26 Å². The zero-order valence-electron chi connectivity index (χ0n) is 20.9. The smallest absolute Gasteiger partial charge is 0.137 e. The summed E-state index contributed by atoms with van der Waals surface area (Å²) in [6.07, 6.45) is 1.22. The van der Waals surface area contributed by atoms with Gasteiger partial charge in [-0.1, -0.05) is 36.4 Å². The molecule has 0 radical (unpaired) electrons. The van der Waals surface area contributed by atoms with Crippen LogP contribution >= 0.6 is 0 Å². The Balaban J connectivity index is 1.21. The molecule has 3 aromatic rings. The van der Waals surface area contributed by atoms with Gasteiger partial charge in [0, 0.05) is 38.6 Å². The maximum absolute atomic E-state index is 13.5. The molecule has 37 heavy (non-hydrogen) atoms. The first-order valence-electron chi connectivity index (χ1n) is 12.8. The van der Waals surface area contributed by atoms with E-state index in [-0.39, 0.29) is 24.2 Å². The fraction of sp³-hybridized carbons (Fsp3) is 0.367. The van der Waals surface area contributed by atoms with Gasteiger partial charge < -0.3 is 14.7 Å². The van der Waals surface area contributed by atoms with Crippen LogP contribution in [0.5, 0.6) is 5.75 Å². The molecule has 0 saturated carbocycles. The lowest BCUT2D eigenvalue weighted by molar-refractivity contribution is 0.0457. The highest BCUT2D eigenvalue weighted by atomic mass is 19.1. The standard InChI is InChI=1S/C30H33F2N3O2/c31-26-11-7-23(8-12-26)29(24-9-13-27(32)14-10-24)5-3-15-34-16-18-35(19-17-34)21-28(36)22-37-30-6-2-1-4-25(30)20-33/h1-2,4,6-14,28-29,36H,3,5,15-19,21-22H2. The molecule has 5 nitrogen and oxygen atoms in total. The third-order valence-corrected chi connectivity index (χ3v) is 6.88. The van der Waals surface area contributed by atoms with Crippen molar-refractivity contribution in [1.82, 2.24) is 9.80 Å². The van der Waals surface area contributed by atoms with E-state index in [0.717, 1.165) is 56.7 Å². The van der Waals surface area contributed by atoms with Crippen molar-refractivity contribution >= 4 is 0 Å². The molecule has 1 saturated heterocycles. The zero-order chi connectivity index (χ0) is 26.0. The van der Waals surface area contributed by atoms with E-state index < -0.39 is 6.10 Å². The SMILES string of the molecule is N#Cc1ccccc1OCC(O)CN1CCN(CCCC(c2ccc(F)cc2)c2ccc(F)cc2)CC1. The Labute approximate surface area is 217 Å². The number of aliphatic hydroxyl groups is 1. The van der Waals surface area contributed by atoms with E-state index in [1.165, 1.54) is 24.3 Å². The number of halogens is 2. The first-order valence-corrected chi connectivity index (χ1v) is 12.8. The average Bonchev–Trinajstić information content (AvgIpc) is 2.92. The molecule has 1 aliphatic rings. The van der Waals surface area contributed by atoms with Gasteiger partial charge in [0.2, 0.25) is 0 Å². The van der Waals surface area contributed by atoms with Crippen molar-refractivity contribution < 1.29 is 18.6 Å². The fourth-order valence-corrected chi connectivity index (χ4v) is 4.85. The average molecular weight is 506 g/mol. The molecular formula is C30H33F2N3O2. The van der Waals surface area contributed by atoms with Crippen LogP contribution < -0.4 is 4.74 Å².